The average Bonchev–Trinajstić information content (AvgIpc) is 2.28. The lowest BCUT2D eigenvalue weighted by molar-refractivity contribution is 0.567. The average molecular weight is 255 g/mol. The largest absolute Gasteiger partial charge is 0.352 e. The molecule has 0 amide bonds. The highest BCUT2D eigenvalue weighted by molar-refractivity contribution is 7.91. The van der Waals surface area contributed by atoms with Crippen LogP contribution < -0.4 is 10.6 Å². The first kappa shape index (κ1) is 12.3. The quantitative estimate of drug-likeness (QED) is 0.815. The van der Waals surface area contributed by atoms with Crippen molar-refractivity contribution in [3.63, 3.8) is 0 Å². The van der Waals surface area contributed by atoms with E-state index in [0.29, 0.717) is 13.1 Å². The number of hydrogen-bond acceptors (Lipinski definition) is 5. The van der Waals surface area contributed by atoms with Gasteiger partial charge in [-0.2, -0.15) is 0 Å². The summed E-state index contributed by atoms with van der Waals surface area (Å²) in [7, 11) is -2.88. The Morgan fingerprint density at radius 3 is 3.00 bits per heavy atom. The van der Waals surface area contributed by atoms with Crippen LogP contribution in [0.25, 0.3) is 0 Å². The molecular weight excluding hydrogens is 238 g/mol. The predicted octanol–water partition coefficient (Wildman–Crippen LogP) is 0.164. The van der Waals surface area contributed by atoms with Crippen molar-refractivity contribution >= 4 is 15.7 Å². The van der Waals surface area contributed by atoms with E-state index in [0.717, 1.165) is 11.4 Å². The maximum atomic E-state index is 11.5. The summed E-state index contributed by atoms with van der Waals surface area (Å²) < 4.78 is 23.0. The van der Waals surface area contributed by atoms with Gasteiger partial charge in [0.05, 0.1) is 11.5 Å². The summed E-state index contributed by atoms with van der Waals surface area (Å²) in [6, 6.07) is 3.76. The van der Waals surface area contributed by atoms with Crippen LogP contribution in [-0.2, 0) is 16.4 Å². The number of anilines is 1. The van der Waals surface area contributed by atoms with Crippen LogP contribution in [0, 0.1) is 0 Å². The maximum Gasteiger partial charge on any atom is 0.154 e. The lowest BCUT2D eigenvalue weighted by Crippen LogP contribution is -2.47. The van der Waals surface area contributed by atoms with E-state index in [9.17, 15) is 8.42 Å². The lowest BCUT2D eigenvalue weighted by Gasteiger charge is -2.34. The molecule has 1 atom stereocenters. The SMILES string of the molecule is CC1CS(=O)(=O)CCN1c1cc(CN)ccn1. The fourth-order valence-corrected chi connectivity index (χ4v) is 3.64. The second kappa shape index (κ2) is 4.62. The van der Waals surface area contributed by atoms with Crippen LogP contribution in [0.2, 0.25) is 0 Å². The van der Waals surface area contributed by atoms with Gasteiger partial charge in [-0.15, -0.1) is 0 Å². The van der Waals surface area contributed by atoms with Crippen LogP contribution in [0.4, 0.5) is 5.82 Å². The van der Waals surface area contributed by atoms with Gasteiger partial charge in [-0.05, 0) is 24.6 Å². The molecule has 2 heterocycles. The molecule has 1 aliphatic rings. The van der Waals surface area contributed by atoms with E-state index in [-0.39, 0.29) is 17.5 Å². The molecule has 0 bridgehead atoms. The van der Waals surface area contributed by atoms with Crippen molar-refractivity contribution in [1.29, 1.82) is 0 Å². The molecule has 1 aromatic rings. The van der Waals surface area contributed by atoms with Crippen LogP contribution in [0.15, 0.2) is 18.3 Å². The van der Waals surface area contributed by atoms with Crippen molar-refractivity contribution in [2.75, 3.05) is 23.0 Å². The standard InChI is InChI=1S/C11H17N3O2S/c1-9-8-17(15,16)5-4-14(9)11-6-10(7-12)2-3-13-11/h2-3,6,9H,4-5,7-8,12H2,1H3. The first-order chi connectivity index (χ1) is 8.02. The van der Waals surface area contributed by atoms with Crippen molar-refractivity contribution in [3.8, 4) is 0 Å². The second-order valence-electron chi connectivity index (χ2n) is 4.38. The normalized spacial score (nSPS) is 23.6. The minimum atomic E-state index is -2.88. The molecule has 0 spiro atoms. The van der Waals surface area contributed by atoms with Gasteiger partial charge in [0.2, 0.25) is 0 Å². The molecule has 0 radical (unpaired) electrons. The number of sulfone groups is 1. The fraction of sp³-hybridized carbons (Fsp3) is 0.545. The molecule has 1 aliphatic heterocycles. The monoisotopic (exact) mass is 255 g/mol. The second-order valence-corrected chi connectivity index (χ2v) is 6.61. The highest BCUT2D eigenvalue weighted by Gasteiger charge is 2.28. The summed E-state index contributed by atoms with van der Waals surface area (Å²) in [5.74, 6) is 1.21. The van der Waals surface area contributed by atoms with E-state index in [1.807, 2.05) is 24.0 Å². The van der Waals surface area contributed by atoms with Crippen molar-refractivity contribution in [1.82, 2.24) is 4.98 Å². The molecule has 0 aliphatic carbocycles. The smallest absolute Gasteiger partial charge is 0.154 e. The molecule has 1 fully saturated rings. The van der Waals surface area contributed by atoms with E-state index in [1.54, 1.807) is 6.20 Å². The number of rotatable bonds is 2. The van der Waals surface area contributed by atoms with Crippen LogP contribution >= 0.6 is 0 Å². The summed E-state index contributed by atoms with van der Waals surface area (Å²) in [4.78, 5) is 6.31. The number of nitrogens with two attached hydrogens (primary N) is 1. The first-order valence-corrected chi connectivity index (χ1v) is 7.46. The first-order valence-electron chi connectivity index (χ1n) is 5.64. The molecular formula is C11H17N3O2S. The molecule has 5 nitrogen and oxygen atoms in total. The van der Waals surface area contributed by atoms with Crippen molar-refractivity contribution in [2.45, 2.75) is 19.5 Å². The Morgan fingerprint density at radius 2 is 2.35 bits per heavy atom. The van der Waals surface area contributed by atoms with Crippen LogP contribution in [0.5, 0.6) is 0 Å². The van der Waals surface area contributed by atoms with E-state index in [1.165, 1.54) is 0 Å². The van der Waals surface area contributed by atoms with Gasteiger partial charge in [-0.25, -0.2) is 13.4 Å². The highest BCUT2D eigenvalue weighted by Crippen LogP contribution is 2.20. The Balaban J connectivity index is 2.23. The van der Waals surface area contributed by atoms with Gasteiger partial charge in [-0.3, -0.25) is 0 Å². The van der Waals surface area contributed by atoms with Gasteiger partial charge >= 0.3 is 0 Å². The van der Waals surface area contributed by atoms with Gasteiger partial charge in [0.25, 0.3) is 0 Å². The molecule has 0 saturated carbocycles. The number of pyridine rings is 1. The zero-order chi connectivity index (χ0) is 12.5. The summed E-state index contributed by atoms with van der Waals surface area (Å²) >= 11 is 0. The summed E-state index contributed by atoms with van der Waals surface area (Å²) in [5, 5.41) is 0. The Kier molecular flexibility index (Phi) is 3.35. The Bertz CT molecular complexity index is 501. The minimum absolute atomic E-state index is 0.0331. The molecule has 0 aromatic carbocycles. The summed E-state index contributed by atoms with van der Waals surface area (Å²) in [6.07, 6.45) is 1.72. The third-order valence-electron chi connectivity index (χ3n) is 3.01. The maximum absolute atomic E-state index is 11.5. The molecule has 17 heavy (non-hydrogen) atoms. The third kappa shape index (κ3) is 2.76. The van der Waals surface area contributed by atoms with Gasteiger partial charge in [0.15, 0.2) is 9.84 Å². The Hall–Kier alpha value is -1.14. The van der Waals surface area contributed by atoms with Gasteiger partial charge in [0, 0.05) is 25.3 Å². The predicted molar refractivity (Wildman–Crippen MR) is 67.6 cm³/mol. The van der Waals surface area contributed by atoms with E-state index in [4.69, 9.17) is 5.73 Å². The third-order valence-corrected chi connectivity index (χ3v) is 4.81. The van der Waals surface area contributed by atoms with Crippen molar-refractivity contribution in [2.24, 2.45) is 5.73 Å². The summed E-state index contributed by atoms with van der Waals surface area (Å²) in [6.45, 7) is 2.88. The Morgan fingerprint density at radius 1 is 1.59 bits per heavy atom. The number of nitrogens with zero attached hydrogens (tertiary/aromatic N) is 2. The van der Waals surface area contributed by atoms with Gasteiger partial charge in [0.1, 0.15) is 5.82 Å². The molecule has 2 N–H and O–H groups in total. The van der Waals surface area contributed by atoms with E-state index in [2.05, 4.69) is 4.98 Å². The number of aromatic nitrogens is 1. The highest BCUT2D eigenvalue weighted by atomic mass is 32.2. The zero-order valence-electron chi connectivity index (χ0n) is 9.83. The van der Waals surface area contributed by atoms with E-state index >= 15 is 0 Å². The zero-order valence-corrected chi connectivity index (χ0v) is 10.7. The Labute approximate surface area is 102 Å². The van der Waals surface area contributed by atoms with Gasteiger partial charge in [-0.1, -0.05) is 0 Å². The molecule has 1 saturated heterocycles. The van der Waals surface area contributed by atoms with Crippen LogP contribution in [0.3, 0.4) is 0 Å². The molecule has 1 unspecified atom stereocenters. The van der Waals surface area contributed by atoms with Crippen molar-refractivity contribution in [3.05, 3.63) is 23.9 Å². The van der Waals surface area contributed by atoms with Crippen LogP contribution in [-0.4, -0.2) is 37.5 Å². The van der Waals surface area contributed by atoms with Gasteiger partial charge < -0.3 is 10.6 Å². The van der Waals surface area contributed by atoms with Crippen LogP contribution in [0.1, 0.15) is 12.5 Å². The molecule has 1 aromatic heterocycles. The lowest BCUT2D eigenvalue weighted by atomic mass is 10.2. The molecule has 6 heteroatoms. The summed E-state index contributed by atoms with van der Waals surface area (Å²) in [5.41, 5.74) is 6.59. The van der Waals surface area contributed by atoms with Crippen molar-refractivity contribution < 1.29 is 8.42 Å². The minimum Gasteiger partial charge on any atom is -0.352 e. The molecule has 2 rings (SSSR count). The van der Waals surface area contributed by atoms with E-state index < -0.39 is 9.84 Å². The number of hydrogen-bond donors (Lipinski definition) is 1. The molecule has 94 valence electrons. The topological polar surface area (TPSA) is 76.3 Å². The fourth-order valence-electron chi connectivity index (χ4n) is 2.08.